The van der Waals surface area contributed by atoms with Gasteiger partial charge in [-0.25, -0.2) is 4.98 Å². The number of aromatic nitrogens is 2. The summed E-state index contributed by atoms with van der Waals surface area (Å²) in [5.41, 5.74) is 2.06. The Morgan fingerprint density at radius 1 is 1.38 bits per heavy atom. The molecule has 0 fully saturated rings. The third-order valence-corrected chi connectivity index (χ3v) is 3.29. The van der Waals surface area contributed by atoms with E-state index in [1.165, 1.54) is 0 Å². The van der Waals surface area contributed by atoms with Crippen LogP contribution in [0.15, 0.2) is 30.6 Å². The molecule has 0 spiro atoms. The summed E-state index contributed by atoms with van der Waals surface area (Å²) in [6, 6.07) is 7.94. The zero-order valence-corrected chi connectivity index (χ0v) is 12.9. The van der Waals surface area contributed by atoms with Crippen LogP contribution in [-0.4, -0.2) is 34.2 Å². The van der Waals surface area contributed by atoms with Gasteiger partial charge >= 0.3 is 5.97 Å². The molecule has 5 nitrogen and oxygen atoms in total. The Balaban J connectivity index is 2.05. The average molecular weight is 289 g/mol. The van der Waals surface area contributed by atoms with Crippen molar-refractivity contribution >= 4 is 17.0 Å². The van der Waals surface area contributed by atoms with E-state index < -0.39 is 0 Å². The summed E-state index contributed by atoms with van der Waals surface area (Å²) in [5, 5.41) is 3.27. The van der Waals surface area contributed by atoms with E-state index in [1.807, 2.05) is 51.4 Å². The Hall–Kier alpha value is -1.88. The van der Waals surface area contributed by atoms with Crippen LogP contribution in [0.5, 0.6) is 0 Å². The second kappa shape index (κ2) is 7.22. The van der Waals surface area contributed by atoms with E-state index in [0.717, 1.165) is 17.6 Å². The predicted octanol–water partition coefficient (Wildman–Crippen LogP) is 2.36. The number of esters is 1. The number of hydrogen-bond donors (Lipinski definition) is 1. The van der Waals surface area contributed by atoms with Crippen molar-refractivity contribution in [2.24, 2.45) is 0 Å². The molecule has 0 saturated heterocycles. The van der Waals surface area contributed by atoms with E-state index >= 15 is 0 Å². The number of fused-ring (bicyclic) bond motifs is 1. The van der Waals surface area contributed by atoms with Gasteiger partial charge < -0.3 is 14.6 Å². The first kappa shape index (κ1) is 15.5. The zero-order valence-electron chi connectivity index (χ0n) is 12.9. The summed E-state index contributed by atoms with van der Waals surface area (Å²) in [7, 11) is 0. The summed E-state index contributed by atoms with van der Waals surface area (Å²) in [4.78, 5) is 16.4. The molecule has 0 amide bonds. The first-order valence-corrected chi connectivity index (χ1v) is 7.44. The molecule has 2 rings (SSSR count). The minimum Gasteiger partial charge on any atom is -0.465 e. The Bertz CT molecular complexity index is 592. The number of benzene rings is 1. The first-order chi connectivity index (χ1) is 10.1. The first-order valence-electron chi connectivity index (χ1n) is 7.44. The molecule has 0 aliphatic heterocycles. The Morgan fingerprint density at radius 2 is 2.14 bits per heavy atom. The van der Waals surface area contributed by atoms with Gasteiger partial charge in [-0.15, -0.1) is 0 Å². The van der Waals surface area contributed by atoms with Crippen molar-refractivity contribution in [1.82, 2.24) is 14.9 Å². The number of carbonyl (C=O) groups excluding carboxylic acids is 1. The van der Waals surface area contributed by atoms with E-state index in [1.54, 1.807) is 0 Å². The van der Waals surface area contributed by atoms with Gasteiger partial charge in [0, 0.05) is 12.6 Å². The van der Waals surface area contributed by atoms with Crippen molar-refractivity contribution in [3.63, 3.8) is 0 Å². The number of hydrogen-bond acceptors (Lipinski definition) is 4. The fourth-order valence-electron chi connectivity index (χ4n) is 2.37. The molecule has 0 radical (unpaired) electrons. The van der Waals surface area contributed by atoms with Crippen LogP contribution in [0.2, 0.25) is 0 Å². The van der Waals surface area contributed by atoms with Crippen LogP contribution in [-0.2, 0) is 16.1 Å². The Kier molecular flexibility index (Phi) is 5.33. The highest BCUT2D eigenvalue weighted by molar-refractivity contribution is 5.76. The fourth-order valence-corrected chi connectivity index (χ4v) is 2.37. The minimum absolute atomic E-state index is 0.185. The standard InChI is InChI=1S/C16H23N3O2/c1-4-21-16(20)14(18-12(2)3)9-10-19-11-17-13-7-5-6-8-15(13)19/h5-8,11-12,14,18H,4,9-10H2,1-3H3. The molecule has 0 saturated carbocycles. The lowest BCUT2D eigenvalue weighted by Gasteiger charge is -2.20. The van der Waals surface area contributed by atoms with Crippen LogP contribution in [0.1, 0.15) is 27.2 Å². The third kappa shape index (κ3) is 4.04. The number of ether oxygens (including phenoxy) is 1. The van der Waals surface area contributed by atoms with E-state index in [9.17, 15) is 4.79 Å². The number of aryl methyl sites for hydroxylation is 1. The molecule has 1 heterocycles. The molecule has 114 valence electrons. The molecule has 0 bridgehead atoms. The Morgan fingerprint density at radius 3 is 2.86 bits per heavy atom. The largest absolute Gasteiger partial charge is 0.465 e. The second-order valence-electron chi connectivity index (χ2n) is 5.34. The van der Waals surface area contributed by atoms with Gasteiger partial charge in [-0.1, -0.05) is 26.0 Å². The lowest BCUT2D eigenvalue weighted by atomic mass is 10.2. The van der Waals surface area contributed by atoms with Gasteiger partial charge in [0.05, 0.1) is 24.0 Å². The maximum Gasteiger partial charge on any atom is 0.323 e. The molecule has 0 aliphatic rings. The summed E-state index contributed by atoms with van der Waals surface area (Å²) in [6.45, 7) is 7.01. The van der Waals surface area contributed by atoms with E-state index in [4.69, 9.17) is 4.74 Å². The second-order valence-corrected chi connectivity index (χ2v) is 5.34. The third-order valence-electron chi connectivity index (χ3n) is 3.29. The highest BCUT2D eigenvalue weighted by Crippen LogP contribution is 2.13. The van der Waals surface area contributed by atoms with Crippen molar-refractivity contribution in [1.29, 1.82) is 0 Å². The molecule has 1 aromatic heterocycles. The van der Waals surface area contributed by atoms with Crippen LogP contribution < -0.4 is 5.32 Å². The quantitative estimate of drug-likeness (QED) is 0.795. The molecule has 5 heteroatoms. The van der Waals surface area contributed by atoms with Crippen LogP contribution in [0, 0.1) is 0 Å². The Labute approximate surface area is 125 Å². The van der Waals surface area contributed by atoms with Crippen LogP contribution in [0.25, 0.3) is 11.0 Å². The lowest BCUT2D eigenvalue weighted by molar-refractivity contribution is -0.146. The van der Waals surface area contributed by atoms with Crippen LogP contribution in [0.4, 0.5) is 0 Å². The molecule has 1 atom stereocenters. The van der Waals surface area contributed by atoms with E-state index in [-0.39, 0.29) is 18.1 Å². The SMILES string of the molecule is CCOC(=O)C(CCn1cnc2ccccc21)NC(C)C. The van der Waals surface area contributed by atoms with Crippen molar-refractivity contribution in [2.45, 2.75) is 45.8 Å². The molecular weight excluding hydrogens is 266 g/mol. The maximum absolute atomic E-state index is 12.0. The summed E-state index contributed by atoms with van der Waals surface area (Å²) in [5.74, 6) is -0.185. The molecule has 21 heavy (non-hydrogen) atoms. The van der Waals surface area contributed by atoms with Crippen LogP contribution in [0.3, 0.4) is 0 Å². The number of para-hydroxylation sites is 2. The van der Waals surface area contributed by atoms with Crippen molar-refractivity contribution in [3.8, 4) is 0 Å². The summed E-state index contributed by atoms with van der Waals surface area (Å²) >= 11 is 0. The number of carbonyl (C=O) groups is 1. The van der Waals surface area contributed by atoms with Crippen molar-refractivity contribution < 1.29 is 9.53 Å². The zero-order chi connectivity index (χ0) is 15.2. The van der Waals surface area contributed by atoms with Gasteiger partial charge in [-0.2, -0.15) is 0 Å². The smallest absolute Gasteiger partial charge is 0.323 e. The molecule has 0 aliphatic carbocycles. The topological polar surface area (TPSA) is 56.2 Å². The predicted molar refractivity (Wildman–Crippen MR) is 83.0 cm³/mol. The van der Waals surface area contributed by atoms with Crippen molar-refractivity contribution in [3.05, 3.63) is 30.6 Å². The molecule has 1 unspecified atom stereocenters. The molecular formula is C16H23N3O2. The van der Waals surface area contributed by atoms with Gasteiger partial charge in [0.1, 0.15) is 6.04 Å². The molecule has 1 aromatic carbocycles. The lowest BCUT2D eigenvalue weighted by Crippen LogP contribution is -2.42. The normalized spacial score (nSPS) is 12.8. The number of nitrogens with zero attached hydrogens (tertiary/aromatic N) is 2. The van der Waals surface area contributed by atoms with Crippen molar-refractivity contribution in [2.75, 3.05) is 6.61 Å². The minimum atomic E-state index is -0.286. The molecule has 1 N–H and O–H groups in total. The molecule has 2 aromatic rings. The number of nitrogens with one attached hydrogen (secondary N) is 1. The van der Waals surface area contributed by atoms with Gasteiger partial charge in [0.25, 0.3) is 0 Å². The van der Waals surface area contributed by atoms with Gasteiger partial charge in [-0.05, 0) is 25.5 Å². The van der Waals surface area contributed by atoms with Crippen LogP contribution >= 0.6 is 0 Å². The maximum atomic E-state index is 12.0. The fraction of sp³-hybridized carbons (Fsp3) is 0.500. The summed E-state index contributed by atoms with van der Waals surface area (Å²) in [6.07, 6.45) is 2.50. The summed E-state index contributed by atoms with van der Waals surface area (Å²) < 4.78 is 7.21. The highest BCUT2D eigenvalue weighted by atomic mass is 16.5. The average Bonchev–Trinajstić information content (AvgIpc) is 2.86. The van der Waals surface area contributed by atoms with Gasteiger partial charge in [0.2, 0.25) is 0 Å². The highest BCUT2D eigenvalue weighted by Gasteiger charge is 2.20. The number of imidazole rings is 1. The monoisotopic (exact) mass is 289 g/mol. The number of rotatable bonds is 7. The van der Waals surface area contributed by atoms with Gasteiger partial charge in [0.15, 0.2) is 0 Å². The van der Waals surface area contributed by atoms with Gasteiger partial charge in [-0.3, -0.25) is 4.79 Å². The van der Waals surface area contributed by atoms with E-state index in [0.29, 0.717) is 13.0 Å². The van der Waals surface area contributed by atoms with E-state index in [2.05, 4.69) is 14.9 Å².